The van der Waals surface area contributed by atoms with E-state index in [0.717, 1.165) is 11.3 Å². The van der Waals surface area contributed by atoms with Crippen molar-refractivity contribution in [1.82, 2.24) is 15.0 Å². The van der Waals surface area contributed by atoms with Crippen LogP contribution >= 0.6 is 0 Å². The van der Waals surface area contributed by atoms with Gasteiger partial charge >= 0.3 is 6.03 Å². The second-order valence-corrected chi connectivity index (χ2v) is 6.44. The van der Waals surface area contributed by atoms with Crippen molar-refractivity contribution in [1.29, 1.82) is 0 Å². The van der Waals surface area contributed by atoms with Gasteiger partial charge in [-0.15, -0.1) is 0 Å². The summed E-state index contributed by atoms with van der Waals surface area (Å²) in [6.07, 6.45) is 0. The highest BCUT2D eigenvalue weighted by molar-refractivity contribution is 5.99. The van der Waals surface area contributed by atoms with Gasteiger partial charge in [0.2, 0.25) is 11.9 Å². The Kier molecular flexibility index (Phi) is 5.48. The first-order valence-electron chi connectivity index (χ1n) is 9.25. The Morgan fingerprint density at radius 1 is 0.897 bits per heavy atom. The number of carbonyl (C=O) groups excluding carboxylic acids is 1. The zero-order valence-corrected chi connectivity index (χ0v) is 15.7. The highest BCUT2D eigenvalue weighted by Crippen LogP contribution is 2.21. The number of carbonyl (C=O) groups is 1. The topological polar surface area (TPSA) is 118 Å². The summed E-state index contributed by atoms with van der Waals surface area (Å²) in [6, 6.07) is 16.2. The SMILES string of the molecule is Nc1nc(-c2ccc(NC(=O)Nc3ccccc3)cc2)nc(N2CCOCC2)n1. The zero-order valence-electron chi connectivity index (χ0n) is 15.7. The standard InChI is InChI=1S/C20H21N7O2/c21-18-24-17(25-19(26-18)27-10-12-29-13-11-27)14-6-8-16(9-7-14)23-20(28)22-15-4-2-1-3-5-15/h1-9H,10-13H2,(H2,22,23,28)(H2,21,24,25,26). The van der Waals surface area contributed by atoms with Gasteiger partial charge in [0, 0.05) is 30.0 Å². The molecule has 4 rings (SSSR count). The Morgan fingerprint density at radius 3 is 2.24 bits per heavy atom. The normalized spacial score (nSPS) is 13.7. The number of benzene rings is 2. The Morgan fingerprint density at radius 2 is 1.55 bits per heavy atom. The van der Waals surface area contributed by atoms with Crippen LogP contribution in [-0.4, -0.2) is 47.3 Å². The molecule has 1 aliphatic rings. The molecule has 3 aromatic rings. The smallest absolute Gasteiger partial charge is 0.323 e. The molecule has 29 heavy (non-hydrogen) atoms. The first-order chi connectivity index (χ1) is 14.2. The number of nitrogens with two attached hydrogens (primary N) is 1. The van der Waals surface area contributed by atoms with Gasteiger partial charge in [-0.2, -0.15) is 15.0 Å². The maximum Gasteiger partial charge on any atom is 0.323 e. The number of ether oxygens (including phenoxy) is 1. The number of anilines is 4. The molecule has 148 valence electrons. The van der Waals surface area contributed by atoms with Crippen LogP contribution in [0.15, 0.2) is 54.6 Å². The molecule has 0 saturated carbocycles. The third-order valence-corrected chi connectivity index (χ3v) is 4.37. The maximum atomic E-state index is 12.1. The molecule has 0 spiro atoms. The lowest BCUT2D eigenvalue weighted by molar-refractivity contribution is 0.122. The molecule has 0 bridgehead atoms. The van der Waals surface area contributed by atoms with Crippen molar-refractivity contribution in [2.24, 2.45) is 0 Å². The van der Waals surface area contributed by atoms with Crippen LogP contribution < -0.4 is 21.3 Å². The van der Waals surface area contributed by atoms with Gasteiger partial charge < -0.3 is 26.0 Å². The Bertz CT molecular complexity index is 974. The van der Waals surface area contributed by atoms with E-state index in [-0.39, 0.29) is 12.0 Å². The predicted molar refractivity (Wildman–Crippen MR) is 112 cm³/mol. The Hall–Kier alpha value is -3.72. The fourth-order valence-electron chi connectivity index (χ4n) is 2.93. The third kappa shape index (κ3) is 4.77. The molecule has 4 N–H and O–H groups in total. The molecule has 9 nitrogen and oxygen atoms in total. The molecule has 1 saturated heterocycles. The summed E-state index contributed by atoms with van der Waals surface area (Å²) in [5.41, 5.74) is 8.04. The number of nitrogens with one attached hydrogen (secondary N) is 2. The largest absolute Gasteiger partial charge is 0.378 e. The van der Waals surface area contributed by atoms with Crippen LogP contribution in [0, 0.1) is 0 Å². The van der Waals surface area contributed by atoms with Crippen LogP contribution in [0.5, 0.6) is 0 Å². The van der Waals surface area contributed by atoms with Gasteiger partial charge in [-0.3, -0.25) is 0 Å². The summed E-state index contributed by atoms with van der Waals surface area (Å²) < 4.78 is 5.36. The average Bonchev–Trinajstić information content (AvgIpc) is 2.75. The number of amides is 2. The van der Waals surface area contributed by atoms with Crippen LogP contribution in [0.4, 0.5) is 28.1 Å². The highest BCUT2D eigenvalue weighted by Gasteiger charge is 2.16. The van der Waals surface area contributed by atoms with Gasteiger partial charge in [0.25, 0.3) is 0 Å². The van der Waals surface area contributed by atoms with Crippen LogP contribution in [0.25, 0.3) is 11.4 Å². The van der Waals surface area contributed by atoms with E-state index < -0.39 is 0 Å². The van der Waals surface area contributed by atoms with Crippen molar-refractivity contribution < 1.29 is 9.53 Å². The summed E-state index contributed by atoms with van der Waals surface area (Å²) in [5.74, 6) is 1.19. The van der Waals surface area contributed by atoms with Gasteiger partial charge in [0.1, 0.15) is 0 Å². The second-order valence-electron chi connectivity index (χ2n) is 6.44. The predicted octanol–water partition coefficient (Wildman–Crippen LogP) is 2.60. The van der Waals surface area contributed by atoms with Crippen molar-refractivity contribution in [3.05, 3.63) is 54.6 Å². The number of nitrogens with zero attached hydrogens (tertiary/aromatic N) is 4. The van der Waals surface area contributed by atoms with Crippen LogP contribution in [-0.2, 0) is 4.74 Å². The molecular weight excluding hydrogens is 370 g/mol. The van der Waals surface area contributed by atoms with E-state index in [4.69, 9.17) is 10.5 Å². The molecule has 1 aliphatic heterocycles. The van der Waals surface area contributed by atoms with Crippen molar-refractivity contribution in [2.75, 3.05) is 47.6 Å². The van der Waals surface area contributed by atoms with E-state index >= 15 is 0 Å². The minimum atomic E-state index is -0.317. The van der Waals surface area contributed by atoms with E-state index in [9.17, 15) is 4.79 Å². The maximum absolute atomic E-state index is 12.1. The summed E-state index contributed by atoms with van der Waals surface area (Å²) in [7, 11) is 0. The molecule has 0 radical (unpaired) electrons. The molecule has 2 aromatic carbocycles. The van der Waals surface area contributed by atoms with Crippen molar-refractivity contribution in [3.63, 3.8) is 0 Å². The fourth-order valence-corrected chi connectivity index (χ4v) is 2.93. The molecule has 2 amide bonds. The minimum Gasteiger partial charge on any atom is -0.378 e. The molecule has 0 unspecified atom stereocenters. The number of para-hydroxylation sites is 1. The number of morpholine rings is 1. The second kappa shape index (κ2) is 8.53. The lowest BCUT2D eigenvalue weighted by Gasteiger charge is -2.26. The lowest BCUT2D eigenvalue weighted by Crippen LogP contribution is -2.37. The number of rotatable bonds is 4. The molecular formula is C20H21N7O2. The van der Waals surface area contributed by atoms with Crippen LogP contribution in [0.1, 0.15) is 0 Å². The van der Waals surface area contributed by atoms with E-state index in [1.165, 1.54) is 0 Å². The lowest BCUT2D eigenvalue weighted by atomic mass is 10.2. The average molecular weight is 391 g/mol. The molecule has 2 heterocycles. The van der Waals surface area contributed by atoms with E-state index in [1.807, 2.05) is 47.4 Å². The molecule has 9 heteroatoms. The number of hydrogen-bond donors (Lipinski definition) is 3. The van der Waals surface area contributed by atoms with Crippen molar-refractivity contribution >= 4 is 29.3 Å². The fraction of sp³-hybridized carbons (Fsp3) is 0.200. The summed E-state index contributed by atoms with van der Waals surface area (Å²) in [6.45, 7) is 2.68. The summed E-state index contributed by atoms with van der Waals surface area (Å²) >= 11 is 0. The number of hydrogen-bond acceptors (Lipinski definition) is 7. The van der Waals surface area contributed by atoms with Gasteiger partial charge in [-0.05, 0) is 36.4 Å². The van der Waals surface area contributed by atoms with Gasteiger partial charge in [0.05, 0.1) is 13.2 Å². The third-order valence-electron chi connectivity index (χ3n) is 4.37. The summed E-state index contributed by atoms with van der Waals surface area (Å²) in [5, 5.41) is 5.57. The Balaban J connectivity index is 1.46. The van der Waals surface area contributed by atoms with E-state index in [0.29, 0.717) is 43.8 Å². The van der Waals surface area contributed by atoms with Gasteiger partial charge in [-0.1, -0.05) is 18.2 Å². The minimum absolute atomic E-state index is 0.168. The summed E-state index contributed by atoms with van der Waals surface area (Å²) in [4.78, 5) is 27.2. The highest BCUT2D eigenvalue weighted by atomic mass is 16.5. The monoisotopic (exact) mass is 391 g/mol. The number of urea groups is 1. The van der Waals surface area contributed by atoms with E-state index in [2.05, 4.69) is 25.6 Å². The van der Waals surface area contributed by atoms with Crippen molar-refractivity contribution in [3.8, 4) is 11.4 Å². The Labute approximate surface area is 167 Å². The first kappa shape index (κ1) is 18.6. The van der Waals surface area contributed by atoms with Crippen LogP contribution in [0.2, 0.25) is 0 Å². The van der Waals surface area contributed by atoms with Gasteiger partial charge in [-0.25, -0.2) is 4.79 Å². The quantitative estimate of drug-likeness (QED) is 0.625. The zero-order chi connectivity index (χ0) is 20.1. The van der Waals surface area contributed by atoms with Crippen molar-refractivity contribution in [2.45, 2.75) is 0 Å². The number of nitrogen functional groups attached to an aromatic ring is 1. The number of aromatic nitrogens is 3. The molecule has 0 atom stereocenters. The van der Waals surface area contributed by atoms with Crippen LogP contribution in [0.3, 0.4) is 0 Å². The van der Waals surface area contributed by atoms with E-state index in [1.54, 1.807) is 12.1 Å². The molecule has 0 aliphatic carbocycles. The molecule has 1 fully saturated rings. The molecule has 1 aromatic heterocycles. The first-order valence-corrected chi connectivity index (χ1v) is 9.25. The van der Waals surface area contributed by atoms with Gasteiger partial charge in [0.15, 0.2) is 5.82 Å².